The van der Waals surface area contributed by atoms with Gasteiger partial charge in [0, 0.05) is 18.7 Å². The van der Waals surface area contributed by atoms with E-state index >= 15 is 0 Å². The molecule has 4 nitrogen and oxygen atoms in total. The third-order valence-corrected chi connectivity index (χ3v) is 4.23. The van der Waals surface area contributed by atoms with Crippen molar-refractivity contribution in [1.82, 2.24) is 4.90 Å². The number of likely N-dealkylation sites (tertiary alicyclic amines) is 1. The number of carbonyl (C=O) groups excluding carboxylic acids is 2. The van der Waals surface area contributed by atoms with Gasteiger partial charge < -0.3 is 10.6 Å². The molecular formula is C14H18N2O2S. The second-order valence-corrected chi connectivity index (χ2v) is 5.69. The quantitative estimate of drug-likeness (QED) is 0.858. The monoisotopic (exact) mass is 278 g/mol. The molecule has 1 aliphatic rings. The Morgan fingerprint density at radius 2 is 2.26 bits per heavy atom. The molecule has 0 bridgehead atoms. The molecule has 1 fully saturated rings. The summed E-state index contributed by atoms with van der Waals surface area (Å²) in [5.41, 5.74) is 6.36. The minimum Gasteiger partial charge on any atom is -0.369 e. The molecule has 2 rings (SSSR count). The number of thiophene rings is 1. The summed E-state index contributed by atoms with van der Waals surface area (Å²) in [6, 6.07) is 2.12. The SMILES string of the molecule is CC1CCC(C(N)=O)CN1C(=O)/C=C/c1ccsc1. The molecule has 1 aliphatic heterocycles. The molecule has 1 aromatic heterocycles. The Bertz CT molecular complexity index is 482. The zero-order chi connectivity index (χ0) is 13.8. The number of hydrogen-bond donors (Lipinski definition) is 1. The smallest absolute Gasteiger partial charge is 0.246 e. The van der Waals surface area contributed by atoms with E-state index in [1.54, 1.807) is 28.4 Å². The summed E-state index contributed by atoms with van der Waals surface area (Å²) in [4.78, 5) is 25.1. The number of piperidine rings is 1. The van der Waals surface area contributed by atoms with E-state index in [4.69, 9.17) is 5.73 Å². The summed E-state index contributed by atoms with van der Waals surface area (Å²) in [7, 11) is 0. The molecule has 2 N–H and O–H groups in total. The summed E-state index contributed by atoms with van der Waals surface area (Å²) in [6.07, 6.45) is 4.97. The maximum Gasteiger partial charge on any atom is 0.246 e. The van der Waals surface area contributed by atoms with Crippen molar-refractivity contribution in [3.63, 3.8) is 0 Å². The van der Waals surface area contributed by atoms with E-state index in [0.717, 1.165) is 18.4 Å². The summed E-state index contributed by atoms with van der Waals surface area (Å²) < 4.78 is 0. The lowest BCUT2D eigenvalue weighted by atomic mass is 9.93. The Morgan fingerprint density at radius 1 is 1.47 bits per heavy atom. The van der Waals surface area contributed by atoms with Gasteiger partial charge in [0.05, 0.1) is 5.92 Å². The van der Waals surface area contributed by atoms with Crippen LogP contribution in [0.4, 0.5) is 0 Å². The van der Waals surface area contributed by atoms with Crippen LogP contribution in [0.1, 0.15) is 25.3 Å². The molecule has 102 valence electrons. The highest BCUT2D eigenvalue weighted by atomic mass is 32.1. The third-order valence-electron chi connectivity index (χ3n) is 3.53. The molecule has 2 unspecified atom stereocenters. The number of carbonyl (C=O) groups is 2. The first kappa shape index (κ1) is 13.8. The van der Waals surface area contributed by atoms with Crippen molar-refractivity contribution < 1.29 is 9.59 Å². The van der Waals surface area contributed by atoms with Crippen molar-refractivity contribution in [3.8, 4) is 0 Å². The largest absolute Gasteiger partial charge is 0.369 e. The van der Waals surface area contributed by atoms with E-state index in [0.29, 0.717) is 6.54 Å². The molecule has 0 saturated carbocycles. The van der Waals surface area contributed by atoms with Crippen LogP contribution in [0.15, 0.2) is 22.9 Å². The fourth-order valence-corrected chi connectivity index (χ4v) is 2.91. The molecule has 1 aromatic rings. The fraction of sp³-hybridized carbons (Fsp3) is 0.429. The molecule has 19 heavy (non-hydrogen) atoms. The van der Waals surface area contributed by atoms with Gasteiger partial charge in [0.2, 0.25) is 11.8 Å². The minimum atomic E-state index is -0.313. The van der Waals surface area contributed by atoms with Gasteiger partial charge >= 0.3 is 0 Å². The summed E-state index contributed by atoms with van der Waals surface area (Å²) in [5.74, 6) is -0.578. The Kier molecular flexibility index (Phi) is 4.37. The molecule has 0 radical (unpaired) electrons. The minimum absolute atomic E-state index is 0.0512. The predicted molar refractivity (Wildman–Crippen MR) is 76.4 cm³/mol. The van der Waals surface area contributed by atoms with E-state index in [9.17, 15) is 9.59 Å². The van der Waals surface area contributed by atoms with Gasteiger partial charge in [0.1, 0.15) is 0 Å². The van der Waals surface area contributed by atoms with Gasteiger partial charge in [0.25, 0.3) is 0 Å². The molecule has 2 atom stereocenters. The Balaban J connectivity index is 2.02. The van der Waals surface area contributed by atoms with Crippen molar-refractivity contribution >= 4 is 29.2 Å². The summed E-state index contributed by atoms with van der Waals surface area (Å²) in [5, 5.41) is 3.95. The van der Waals surface area contributed by atoms with E-state index in [-0.39, 0.29) is 23.8 Å². The second kappa shape index (κ2) is 6.02. The van der Waals surface area contributed by atoms with Crippen molar-refractivity contribution in [2.75, 3.05) is 6.54 Å². The highest BCUT2D eigenvalue weighted by molar-refractivity contribution is 7.08. The van der Waals surface area contributed by atoms with E-state index < -0.39 is 0 Å². The Hall–Kier alpha value is -1.62. The van der Waals surface area contributed by atoms with Gasteiger partial charge in [0.15, 0.2) is 0 Å². The zero-order valence-electron chi connectivity index (χ0n) is 10.9. The molecule has 0 spiro atoms. The molecule has 1 saturated heterocycles. The average molecular weight is 278 g/mol. The third kappa shape index (κ3) is 3.44. The van der Waals surface area contributed by atoms with Gasteiger partial charge in [-0.25, -0.2) is 0 Å². The zero-order valence-corrected chi connectivity index (χ0v) is 11.7. The van der Waals surface area contributed by atoms with Gasteiger partial charge in [-0.15, -0.1) is 0 Å². The van der Waals surface area contributed by atoms with E-state index in [1.807, 2.05) is 23.8 Å². The summed E-state index contributed by atoms with van der Waals surface area (Å²) in [6.45, 7) is 2.44. The summed E-state index contributed by atoms with van der Waals surface area (Å²) >= 11 is 1.59. The average Bonchev–Trinajstić information content (AvgIpc) is 2.89. The van der Waals surface area contributed by atoms with Gasteiger partial charge in [-0.1, -0.05) is 0 Å². The normalized spacial score (nSPS) is 23.7. The maximum absolute atomic E-state index is 12.2. The fourth-order valence-electron chi connectivity index (χ4n) is 2.28. The first-order chi connectivity index (χ1) is 9.08. The van der Waals surface area contributed by atoms with Crippen LogP contribution in [0.25, 0.3) is 6.08 Å². The van der Waals surface area contributed by atoms with Gasteiger partial charge in [-0.05, 0) is 48.2 Å². The van der Waals surface area contributed by atoms with Crippen LogP contribution < -0.4 is 5.73 Å². The van der Waals surface area contributed by atoms with Crippen molar-refractivity contribution in [2.24, 2.45) is 11.7 Å². The molecule has 0 aromatic carbocycles. The standard InChI is InChI=1S/C14H18N2O2S/c1-10-2-4-12(14(15)18)8-16(10)13(17)5-3-11-6-7-19-9-11/h3,5-7,9-10,12H,2,4,8H2,1H3,(H2,15,18)/b5-3+. The van der Waals surface area contributed by atoms with Crippen LogP contribution >= 0.6 is 11.3 Å². The first-order valence-electron chi connectivity index (χ1n) is 6.38. The van der Waals surface area contributed by atoms with Crippen molar-refractivity contribution in [2.45, 2.75) is 25.8 Å². The highest BCUT2D eigenvalue weighted by Gasteiger charge is 2.30. The number of rotatable bonds is 3. The Morgan fingerprint density at radius 3 is 2.89 bits per heavy atom. The molecule has 2 heterocycles. The number of hydrogen-bond acceptors (Lipinski definition) is 3. The van der Waals surface area contributed by atoms with Crippen LogP contribution in [0.3, 0.4) is 0 Å². The van der Waals surface area contributed by atoms with E-state index in [1.165, 1.54) is 0 Å². The molecule has 2 amide bonds. The predicted octanol–water partition coefficient (Wildman–Crippen LogP) is 1.87. The highest BCUT2D eigenvalue weighted by Crippen LogP contribution is 2.22. The number of primary amides is 1. The lowest BCUT2D eigenvalue weighted by Gasteiger charge is -2.36. The topological polar surface area (TPSA) is 63.4 Å². The Labute approximate surface area is 116 Å². The first-order valence-corrected chi connectivity index (χ1v) is 7.32. The number of amides is 2. The van der Waals surface area contributed by atoms with Gasteiger partial charge in [-0.2, -0.15) is 11.3 Å². The van der Waals surface area contributed by atoms with Crippen LogP contribution in [0.5, 0.6) is 0 Å². The van der Waals surface area contributed by atoms with Crippen molar-refractivity contribution in [3.05, 3.63) is 28.5 Å². The maximum atomic E-state index is 12.2. The van der Waals surface area contributed by atoms with E-state index in [2.05, 4.69) is 0 Å². The van der Waals surface area contributed by atoms with Crippen LogP contribution in [0, 0.1) is 5.92 Å². The number of nitrogens with two attached hydrogens (primary N) is 1. The van der Waals surface area contributed by atoms with Crippen LogP contribution in [-0.4, -0.2) is 29.3 Å². The lowest BCUT2D eigenvalue weighted by molar-refractivity contribution is -0.133. The second-order valence-electron chi connectivity index (χ2n) is 4.91. The van der Waals surface area contributed by atoms with Crippen LogP contribution in [-0.2, 0) is 9.59 Å². The molecule has 5 heteroatoms. The van der Waals surface area contributed by atoms with Crippen LogP contribution in [0.2, 0.25) is 0 Å². The lowest BCUT2D eigenvalue weighted by Crippen LogP contribution is -2.48. The molecule has 0 aliphatic carbocycles. The molecular weight excluding hydrogens is 260 g/mol. The number of nitrogens with zero attached hydrogens (tertiary/aromatic N) is 1. The van der Waals surface area contributed by atoms with Crippen molar-refractivity contribution in [1.29, 1.82) is 0 Å². The van der Waals surface area contributed by atoms with Gasteiger partial charge in [-0.3, -0.25) is 9.59 Å².